The van der Waals surface area contributed by atoms with Gasteiger partial charge in [-0.25, -0.2) is 0 Å². The first-order chi connectivity index (χ1) is 24.6. The lowest BCUT2D eigenvalue weighted by molar-refractivity contribution is 0.465. The molecule has 3 atom stereocenters. The monoisotopic (exact) mass is 647 g/mol. The van der Waals surface area contributed by atoms with Crippen LogP contribution < -0.4 is 30.8 Å². The number of ether oxygens (including phenoxy) is 2. The van der Waals surface area contributed by atoms with Gasteiger partial charge in [-0.2, -0.15) is 0 Å². The number of allylic oxidation sites excluding steroid dienone is 2. The number of furan rings is 1. The van der Waals surface area contributed by atoms with Crippen LogP contribution in [-0.2, 0) is 5.41 Å². The van der Waals surface area contributed by atoms with Crippen LogP contribution in [0.4, 0.5) is 17.1 Å². The summed E-state index contributed by atoms with van der Waals surface area (Å²) in [5.41, 5.74) is 9.74. The summed E-state index contributed by atoms with van der Waals surface area (Å²) < 4.78 is 19.6. The third-order valence-corrected chi connectivity index (χ3v) is 11.6. The Morgan fingerprint density at radius 2 is 1.34 bits per heavy atom. The third kappa shape index (κ3) is 4.26. The van der Waals surface area contributed by atoms with Gasteiger partial charge in [0.2, 0.25) is 0 Å². The maximum atomic E-state index is 6.71. The summed E-state index contributed by atoms with van der Waals surface area (Å²) >= 11 is 0. The Morgan fingerprint density at radius 1 is 0.620 bits per heavy atom. The van der Waals surface area contributed by atoms with E-state index in [1.807, 2.05) is 30.3 Å². The minimum absolute atomic E-state index is 0.000979. The van der Waals surface area contributed by atoms with Crippen LogP contribution in [0.3, 0.4) is 0 Å². The van der Waals surface area contributed by atoms with Gasteiger partial charge >= 0.3 is 0 Å². The predicted octanol–water partition coefficient (Wildman–Crippen LogP) is 10.0. The Morgan fingerprint density at radius 3 is 2.20 bits per heavy atom. The van der Waals surface area contributed by atoms with Crippen LogP contribution in [-0.4, -0.2) is 6.71 Å². The van der Waals surface area contributed by atoms with Crippen molar-refractivity contribution in [2.75, 3.05) is 4.90 Å². The maximum absolute atomic E-state index is 6.71. The van der Waals surface area contributed by atoms with Crippen LogP contribution in [0, 0.1) is 11.8 Å². The van der Waals surface area contributed by atoms with Gasteiger partial charge in [0.15, 0.2) is 0 Å². The molecule has 11 rings (SSSR count). The van der Waals surface area contributed by atoms with Gasteiger partial charge in [0.25, 0.3) is 6.71 Å². The summed E-state index contributed by atoms with van der Waals surface area (Å²) in [5.74, 6) is 5.19. The first-order valence-electron chi connectivity index (χ1n) is 17.8. The Labute approximate surface area is 291 Å². The Hall–Kier alpha value is -5.68. The van der Waals surface area contributed by atoms with Gasteiger partial charge in [0.1, 0.15) is 34.2 Å². The number of hydrogen-bond donors (Lipinski definition) is 0. The van der Waals surface area contributed by atoms with E-state index < -0.39 is 0 Å². The molecule has 3 unspecified atom stereocenters. The molecule has 2 aliphatic heterocycles. The van der Waals surface area contributed by atoms with E-state index in [4.69, 9.17) is 13.9 Å². The Bertz CT molecular complexity index is 2520. The molecule has 0 saturated heterocycles. The lowest BCUT2D eigenvalue weighted by Gasteiger charge is -2.32. The molecule has 6 aromatic carbocycles. The topological polar surface area (TPSA) is 34.8 Å². The summed E-state index contributed by atoms with van der Waals surface area (Å²) in [6.07, 6.45) is 8.74. The van der Waals surface area contributed by atoms with E-state index in [1.54, 1.807) is 0 Å². The predicted molar refractivity (Wildman–Crippen MR) is 203 cm³/mol. The van der Waals surface area contributed by atoms with Crippen molar-refractivity contribution in [1.82, 2.24) is 0 Å². The van der Waals surface area contributed by atoms with Crippen LogP contribution >= 0.6 is 0 Å². The van der Waals surface area contributed by atoms with Crippen LogP contribution in [0.5, 0.6) is 23.0 Å². The van der Waals surface area contributed by atoms with Crippen molar-refractivity contribution in [3.8, 4) is 23.0 Å². The fourth-order valence-electron chi connectivity index (χ4n) is 8.97. The summed E-state index contributed by atoms with van der Waals surface area (Å²) in [6.45, 7) is 2.41. The Kier molecular flexibility index (Phi) is 5.87. The zero-order valence-electron chi connectivity index (χ0n) is 27.8. The quantitative estimate of drug-likeness (QED) is 0.141. The van der Waals surface area contributed by atoms with Gasteiger partial charge in [-0.1, -0.05) is 73.7 Å². The van der Waals surface area contributed by atoms with Crippen molar-refractivity contribution in [2.45, 2.75) is 31.6 Å². The number of fused-ring (bicyclic) bond motifs is 8. The van der Waals surface area contributed by atoms with Crippen molar-refractivity contribution in [2.24, 2.45) is 11.8 Å². The molecule has 0 amide bonds. The first kappa shape index (κ1) is 28.2. The number of nitrogens with zero attached hydrogens (tertiary/aromatic N) is 1. The molecule has 3 heterocycles. The molecule has 4 nitrogen and oxygen atoms in total. The summed E-state index contributed by atoms with van der Waals surface area (Å²) in [6, 6.07) is 45.1. The van der Waals surface area contributed by atoms with Crippen LogP contribution in [0.2, 0.25) is 0 Å². The zero-order valence-corrected chi connectivity index (χ0v) is 27.8. The average molecular weight is 648 g/mol. The normalized spacial score (nSPS) is 20.9. The van der Waals surface area contributed by atoms with Gasteiger partial charge < -0.3 is 18.8 Å². The van der Waals surface area contributed by atoms with Crippen molar-refractivity contribution < 1.29 is 13.9 Å². The molecule has 1 fully saturated rings. The van der Waals surface area contributed by atoms with Crippen molar-refractivity contribution in [3.63, 3.8) is 0 Å². The van der Waals surface area contributed by atoms with Gasteiger partial charge in [0, 0.05) is 44.8 Å². The molecule has 0 N–H and O–H groups in total. The highest BCUT2D eigenvalue weighted by molar-refractivity contribution is 6.98. The molecule has 2 aliphatic carbocycles. The molecule has 0 bridgehead atoms. The SMILES string of the molecule is CC1(c2ccc(N(c3ccccc3)c3ccc4c(c3)oc3cc5c(cc34)Oc3cccc4c3B5c3ccccc3O4)cc2)C=CCC2CC2C1. The molecular formula is C45H34BNO3. The first-order valence-corrected chi connectivity index (χ1v) is 17.8. The summed E-state index contributed by atoms with van der Waals surface area (Å²) in [7, 11) is 0. The van der Waals surface area contributed by atoms with E-state index in [0.717, 1.165) is 90.2 Å². The highest BCUT2D eigenvalue weighted by Crippen LogP contribution is 2.52. The van der Waals surface area contributed by atoms with Crippen LogP contribution in [0.1, 0.15) is 31.7 Å². The fourth-order valence-corrected chi connectivity index (χ4v) is 8.97. The van der Waals surface area contributed by atoms with E-state index in [-0.39, 0.29) is 12.1 Å². The number of para-hydroxylation sites is 2. The molecule has 1 saturated carbocycles. The highest BCUT2D eigenvalue weighted by atomic mass is 16.5. The van der Waals surface area contributed by atoms with E-state index in [1.165, 1.54) is 24.8 Å². The van der Waals surface area contributed by atoms with Crippen molar-refractivity contribution >= 4 is 62.1 Å². The number of anilines is 3. The molecule has 1 aromatic heterocycles. The van der Waals surface area contributed by atoms with E-state index in [9.17, 15) is 0 Å². The second-order valence-corrected chi connectivity index (χ2v) is 14.7. The van der Waals surface area contributed by atoms with Gasteiger partial charge in [-0.15, -0.1) is 0 Å². The van der Waals surface area contributed by atoms with Gasteiger partial charge in [-0.3, -0.25) is 0 Å². The second-order valence-electron chi connectivity index (χ2n) is 14.7. The largest absolute Gasteiger partial charge is 0.458 e. The van der Waals surface area contributed by atoms with E-state index in [2.05, 4.69) is 121 Å². The van der Waals surface area contributed by atoms with Crippen LogP contribution in [0.25, 0.3) is 21.9 Å². The second kappa shape index (κ2) is 10.4. The molecular weight excluding hydrogens is 613 g/mol. The fraction of sp³-hybridized carbons (Fsp3) is 0.156. The average Bonchev–Trinajstić information content (AvgIpc) is 3.81. The maximum Gasteiger partial charge on any atom is 0.260 e. The van der Waals surface area contributed by atoms with E-state index in [0.29, 0.717) is 0 Å². The lowest BCUT2D eigenvalue weighted by Crippen LogP contribution is -2.57. The minimum atomic E-state index is 0.000979. The number of benzene rings is 6. The molecule has 7 aromatic rings. The standard InChI is InChI=1S/C45H34BNO3/c1-45(22-8-9-28-23-29(28)27-45)30-16-18-32(19-17-30)47(31-10-3-2-4-11-31)33-20-21-34-35-25-43-37(26-42(35)50-41(34)24-33)46-36-12-5-6-13-38(36)48-39-14-7-15-40(49-43)44(39)46/h2-8,10-22,24-26,28-29H,9,23,27H2,1H3. The molecule has 50 heavy (non-hydrogen) atoms. The minimum Gasteiger partial charge on any atom is -0.458 e. The van der Waals surface area contributed by atoms with Gasteiger partial charge in [-0.05, 0) is 114 Å². The highest BCUT2D eigenvalue weighted by Gasteiger charge is 2.43. The molecule has 4 aliphatic rings. The summed E-state index contributed by atoms with van der Waals surface area (Å²) in [4.78, 5) is 2.32. The summed E-state index contributed by atoms with van der Waals surface area (Å²) in [5, 5.41) is 2.11. The molecule has 0 spiro atoms. The molecule has 240 valence electrons. The van der Waals surface area contributed by atoms with E-state index >= 15 is 0 Å². The van der Waals surface area contributed by atoms with Crippen molar-refractivity contribution in [3.05, 3.63) is 145 Å². The molecule has 0 radical (unpaired) electrons. The zero-order chi connectivity index (χ0) is 33.0. The molecule has 5 heteroatoms. The van der Waals surface area contributed by atoms with Gasteiger partial charge in [0.05, 0.1) is 0 Å². The van der Waals surface area contributed by atoms with Crippen molar-refractivity contribution in [1.29, 1.82) is 0 Å². The van der Waals surface area contributed by atoms with Crippen LogP contribution in [0.15, 0.2) is 144 Å². The third-order valence-electron chi connectivity index (χ3n) is 11.6. The Balaban J connectivity index is 1.01. The number of rotatable bonds is 4. The smallest absolute Gasteiger partial charge is 0.260 e. The number of hydrogen-bond acceptors (Lipinski definition) is 4. The lowest BCUT2D eigenvalue weighted by atomic mass is 9.35.